The molecule has 1 aliphatic heterocycles. The Morgan fingerprint density at radius 2 is 1.87 bits per heavy atom. The van der Waals surface area contributed by atoms with Gasteiger partial charge in [0, 0.05) is 35.2 Å². The summed E-state index contributed by atoms with van der Waals surface area (Å²) in [5.41, 5.74) is 1.83. The molecule has 8 heteroatoms. The quantitative estimate of drug-likeness (QED) is 0.593. The van der Waals surface area contributed by atoms with E-state index in [1.807, 2.05) is 12.1 Å². The molecular formula is C23H22ClN3O3S. The van der Waals surface area contributed by atoms with Crippen LogP contribution in [0.2, 0.25) is 5.02 Å². The van der Waals surface area contributed by atoms with Gasteiger partial charge in [0.15, 0.2) is 0 Å². The summed E-state index contributed by atoms with van der Waals surface area (Å²) in [5.74, 6) is -0.314. The van der Waals surface area contributed by atoms with E-state index >= 15 is 0 Å². The summed E-state index contributed by atoms with van der Waals surface area (Å²) >= 11 is 5.94. The van der Waals surface area contributed by atoms with Gasteiger partial charge in [-0.2, -0.15) is 4.31 Å². The molecule has 0 radical (unpaired) electrons. The van der Waals surface area contributed by atoms with Gasteiger partial charge in [0.1, 0.15) is 0 Å². The lowest BCUT2D eigenvalue weighted by Gasteiger charge is -2.34. The predicted octanol–water partition coefficient (Wildman–Crippen LogP) is 4.90. The van der Waals surface area contributed by atoms with Crippen LogP contribution in [0.15, 0.2) is 78.0 Å². The highest BCUT2D eigenvalue weighted by molar-refractivity contribution is 7.89. The zero-order valence-electron chi connectivity index (χ0n) is 16.7. The van der Waals surface area contributed by atoms with Crippen LogP contribution in [0.1, 0.15) is 41.2 Å². The lowest BCUT2D eigenvalue weighted by atomic mass is 9.99. The molecule has 1 aromatic heterocycles. The molecule has 2 aromatic carbocycles. The smallest absolute Gasteiger partial charge is 0.255 e. The van der Waals surface area contributed by atoms with Crippen molar-refractivity contribution < 1.29 is 13.2 Å². The van der Waals surface area contributed by atoms with E-state index in [-0.39, 0.29) is 16.8 Å². The van der Waals surface area contributed by atoms with Crippen molar-refractivity contribution >= 4 is 33.2 Å². The van der Waals surface area contributed by atoms with Gasteiger partial charge in [-0.15, -0.1) is 0 Å². The van der Waals surface area contributed by atoms with E-state index in [1.165, 1.54) is 12.1 Å². The van der Waals surface area contributed by atoms with Gasteiger partial charge in [-0.25, -0.2) is 8.42 Å². The molecule has 0 unspecified atom stereocenters. The maximum atomic E-state index is 13.4. The van der Waals surface area contributed by atoms with Crippen molar-refractivity contribution in [2.45, 2.75) is 30.2 Å². The van der Waals surface area contributed by atoms with Gasteiger partial charge >= 0.3 is 0 Å². The van der Waals surface area contributed by atoms with E-state index in [0.717, 1.165) is 24.8 Å². The number of benzene rings is 2. The molecule has 1 amide bonds. The Bertz CT molecular complexity index is 1170. The number of nitrogens with one attached hydrogen (secondary N) is 1. The summed E-state index contributed by atoms with van der Waals surface area (Å²) in [6.07, 6.45) is 5.97. The first-order valence-electron chi connectivity index (χ1n) is 10.0. The highest BCUT2D eigenvalue weighted by Crippen LogP contribution is 2.35. The second-order valence-electron chi connectivity index (χ2n) is 7.40. The normalized spacial score (nSPS) is 17.3. The maximum Gasteiger partial charge on any atom is 0.255 e. The summed E-state index contributed by atoms with van der Waals surface area (Å²) in [5, 5.41) is 3.24. The van der Waals surface area contributed by atoms with Crippen LogP contribution >= 0.6 is 11.6 Å². The lowest BCUT2D eigenvalue weighted by molar-refractivity contribution is 0.102. The molecule has 1 fully saturated rings. The predicted molar refractivity (Wildman–Crippen MR) is 121 cm³/mol. The minimum Gasteiger partial charge on any atom is -0.322 e. The largest absolute Gasteiger partial charge is 0.322 e. The summed E-state index contributed by atoms with van der Waals surface area (Å²) in [6.45, 7) is 0.467. The Morgan fingerprint density at radius 1 is 1.06 bits per heavy atom. The number of hydrogen-bond acceptors (Lipinski definition) is 4. The first-order chi connectivity index (χ1) is 14.9. The van der Waals surface area contributed by atoms with E-state index in [4.69, 9.17) is 11.6 Å². The Morgan fingerprint density at radius 3 is 2.58 bits per heavy atom. The van der Waals surface area contributed by atoms with E-state index < -0.39 is 10.0 Å². The second kappa shape index (κ2) is 9.18. The van der Waals surface area contributed by atoms with Crippen LogP contribution < -0.4 is 5.32 Å². The number of sulfonamides is 1. The van der Waals surface area contributed by atoms with Crippen molar-refractivity contribution in [1.29, 1.82) is 0 Å². The number of rotatable bonds is 5. The van der Waals surface area contributed by atoms with Gasteiger partial charge in [0.2, 0.25) is 10.0 Å². The van der Waals surface area contributed by atoms with Gasteiger partial charge < -0.3 is 5.32 Å². The van der Waals surface area contributed by atoms with Crippen LogP contribution in [0.5, 0.6) is 0 Å². The third-order valence-corrected chi connectivity index (χ3v) is 7.49. The van der Waals surface area contributed by atoms with Gasteiger partial charge in [-0.05, 0) is 66.9 Å². The van der Waals surface area contributed by atoms with E-state index in [0.29, 0.717) is 22.8 Å². The Kier molecular flexibility index (Phi) is 6.36. The molecule has 0 saturated carbocycles. The van der Waals surface area contributed by atoms with Crippen molar-refractivity contribution in [1.82, 2.24) is 9.29 Å². The molecule has 0 spiro atoms. The topological polar surface area (TPSA) is 79.4 Å². The van der Waals surface area contributed by atoms with Crippen LogP contribution in [-0.4, -0.2) is 30.2 Å². The van der Waals surface area contributed by atoms with Crippen LogP contribution in [0.3, 0.4) is 0 Å². The Labute approximate surface area is 186 Å². The SMILES string of the molecule is O=C(Nc1ccc(S(=O)(=O)N2CCCC[C@@H]2c2cccnc2)cc1)c1cccc(Cl)c1. The second-order valence-corrected chi connectivity index (χ2v) is 9.73. The third-order valence-electron chi connectivity index (χ3n) is 5.33. The van der Waals surface area contributed by atoms with Gasteiger partial charge in [0.25, 0.3) is 5.91 Å². The monoisotopic (exact) mass is 455 g/mol. The number of anilines is 1. The van der Waals surface area contributed by atoms with E-state index in [1.54, 1.807) is 53.1 Å². The lowest BCUT2D eigenvalue weighted by Crippen LogP contribution is -2.38. The summed E-state index contributed by atoms with van der Waals surface area (Å²) < 4.78 is 28.3. The fraction of sp³-hybridized carbons (Fsp3) is 0.217. The first kappa shape index (κ1) is 21.5. The maximum absolute atomic E-state index is 13.4. The molecule has 4 rings (SSSR count). The molecule has 0 bridgehead atoms. The minimum atomic E-state index is -3.69. The Hall–Kier alpha value is -2.74. The molecule has 1 saturated heterocycles. The summed E-state index contributed by atoms with van der Waals surface area (Å²) in [6, 6.07) is 16.4. The number of aromatic nitrogens is 1. The first-order valence-corrected chi connectivity index (χ1v) is 11.9. The zero-order chi connectivity index (χ0) is 21.8. The fourth-order valence-electron chi connectivity index (χ4n) is 3.78. The number of carbonyl (C=O) groups excluding carboxylic acids is 1. The molecule has 160 valence electrons. The molecular weight excluding hydrogens is 434 g/mol. The van der Waals surface area contributed by atoms with E-state index in [2.05, 4.69) is 10.3 Å². The number of hydrogen-bond donors (Lipinski definition) is 1. The number of halogens is 1. The molecule has 3 aromatic rings. The van der Waals surface area contributed by atoms with Crippen LogP contribution in [-0.2, 0) is 10.0 Å². The molecule has 1 atom stereocenters. The number of piperidine rings is 1. The number of amides is 1. The number of pyridine rings is 1. The molecule has 31 heavy (non-hydrogen) atoms. The van der Waals surface area contributed by atoms with E-state index in [9.17, 15) is 13.2 Å². The van der Waals surface area contributed by atoms with Crippen molar-refractivity contribution in [2.24, 2.45) is 0 Å². The zero-order valence-corrected chi connectivity index (χ0v) is 18.3. The average molecular weight is 456 g/mol. The fourth-order valence-corrected chi connectivity index (χ4v) is 5.65. The highest BCUT2D eigenvalue weighted by atomic mass is 35.5. The molecule has 1 aliphatic rings. The van der Waals surface area contributed by atoms with Crippen molar-refractivity contribution in [3.63, 3.8) is 0 Å². The van der Waals surface area contributed by atoms with Crippen molar-refractivity contribution in [3.05, 3.63) is 89.2 Å². The minimum absolute atomic E-state index is 0.198. The summed E-state index contributed by atoms with van der Waals surface area (Å²) in [4.78, 5) is 16.7. The standard InChI is InChI=1S/C23H22ClN3O3S/c24-19-7-3-5-17(15-19)23(28)26-20-9-11-21(12-10-20)31(29,30)27-14-2-1-8-22(27)18-6-4-13-25-16-18/h3-7,9-13,15-16,22H,1-2,8,14H2,(H,26,28)/t22-/m1/s1. The molecule has 0 aliphatic carbocycles. The van der Waals surface area contributed by atoms with Gasteiger partial charge in [-0.1, -0.05) is 30.2 Å². The number of carbonyl (C=O) groups is 1. The van der Waals surface area contributed by atoms with Crippen molar-refractivity contribution in [3.8, 4) is 0 Å². The molecule has 2 heterocycles. The number of nitrogens with zero attached hydrogens (tertiary/aromatic N) is 2. The molecule has 6 nitrogen and oxygen atoms in total. The molecule has 1 N–H and O–H groups in total. The van der Waals surface area contributed by atoms with Gasteiger partial charge in [0.05, 0.1) is 10.9 Å². The third kappa shape index (κ3) is 4.79. The van der Waals surface area contributed by atoms with Gasteiger partial charge in [-0.3, -0.25) is 9.78 Å². The van der Waals surface area contributed by atoms with Crippen LogP contribution in [0.4, 0.5) is 5.69 Å². The Balaban J connectivity index is 1.54. The van der Waals surface area contributed by atoms with Crippen LogP contribution in [0.25, 0.3) is 0 Å². The highest BCUT2D eigenvalue weighted by Gasteiger charge is 2.34. The van der Waals surface area contributed by atoms with Crippen LogP contribution in [0, 0.1) is 0 Å². The van der Waals surface area contributed by atoms with Crippen molar-refractivity contribution in [2.75, 3.05) is 11.9 Å². The summed E-state index contributed by atoms with van der Waals surface area (Å²) in [7, 11) is -3.69. The average Bonchev–Trinajstić information content (AvgIpc) is 2.80.